The number of methoxy groups -OCH3 is 3. The molecule has 8 heteroatoms. The molecule has 0 bridgehead atoms. The molecule has 0 saturated carbocycles. The van der Waals surface area contributed by atoms with Crippen molar-refractivity contribution in [1.29, 1.82) is 5.26 Å². The minimum Gasteiger partial charge on any atom is -0.493 e. The predicted molar refractivity (Wildman–Crippen MR) is 106 cm³/mol. The highest BCUT2D eigenvalue weighted by Crippen LogP contribution is 2.35. The smallest absolute Gasteiger partial charge is 0.266 e. The summed E-state index contributed by atoms with van der Waals surface area (Å²) in [5, 5.41) is 9.84. The number of carbonyl (C=O) groups is 1. The van der Waals surface area contributed by atoms with Crippen molar-refractivity contribution in [3.8, 4) is 17.6 Å². The van der Waals surface area contributed by atoms with Crippen LogP contribution < -0.4 is 9.47 Å². The van der Waals surface area contributed by atoms with Crippen LogP contribution in [0.4, 0.5) is 5.69 Å². The van der Waals surface area contributed by atoms with Crippen LogP contribution in [0.15, 0.2) is 17.1 Å². The highest BCUT2D eigenvalue weighted by atomic mass is 32.2. The van der Waals surface area contributed by atoms with Crippen LogP contribution in [0, 0.1) is 17.2 Å². The molecule has 0 radical (unpaired) electrons. The van der Waals surface area contributed by atoms with Gasteiger partial charge < -0.3 is 14.2 Å². The Labute approximate surface area is 164 Å². The van der Waals surface area contributed by atoms with E-state index in [2.05, 4.69) is 15.4 Å². The lowest BCUT2D eigenvalue weighted by Crippen LogP contribution is -2.33. The fourth-order valence-corrected chi connectivity index (χ4v) is 3.75. The van der Waals surface area contributed by atoms with Crippen molar-refractivity contribution in [3.05, 3.63) is 17.7 Å². The van der Waals surface area contributed by atoms with Gasteiger partial charge >= 0.3 is 0 Å². The number of nitriles is 1. The first-order valence-corrected chi connectivity index (χ1v) is 9.58. The summed E-state index contributed by atoms with van der Waals surface area (Å²) in [6.45, 7) is 3.50. The number of aliphatic imine (C=N–C) groups is 1. The number of ether oxygens (including phenoxy) is 3. The number of ketones is 1. The van der Waals surface area contributed by atoms with Gasteiger partial charge in [-0.3, -0.25) is 4.79 Å². The number of hydrogen-bond donors (Lipinski definition) is 0. The van der Waals surface area contributed by atoms with E-state index in [4.69, 9.17) is 14.2 Å². The van der Waals surface area contributed by atoms with Crippen LogP contribution in [-0.4, -0.2) is 49.7 Å². The summed E-state index contributed by atoms with van der Waals surface area (Å²) in [5.41, 5.74) is 0.825. The zero-order valence-corrected chi connectivity index (χ0v) is 17.0. The Balaban J connectivity index is 2.15. The van der Waals surface area contributed by atoms with Crippen LogP contribution >= 0.6 is 11.9 Å². The van der Waals surface area contributed by atoms with Gasteiger partial charge in [0.1, 0.15) is 11.9 Å². The van der Waals surface area contributed by atoms with Crippen LogP contribution in [0.1, 0.15) is 31.7 Å². The fraction of sp³-hybridized carbons (Fsp3) is 0.526. The Morgan fingerprint density at radius 3 is 2.41 bits per heavy atom. The lowest BCUT2D eigenvalue weighted by Gasteiger charge is -2.29. The fourth-order valence-electron chi connectivity index (χ4n) is 2.92. The van der Waals surface area contributed by atoms with E-state index in [1.54, 1.807) is 19.2 Å². The molecule has 1 heterocycles. The highest BCUT2D eigenvalue weighted by molar-refractivity contribution is 8.11. The van der Waals surface area contributed by atoms with Crippen molar-refractivity contribution < 1.29 is 19.0 Å². The Bertz CT molecular complexity index is 737. The highest BCUT2D eigenvalue weighted by Gasteiger charge is 2.25. The maximum atomic E-state index is 11.8. The molecule has 1 fully saturated rings. The molecule has 146 valence electrons. The molecule has 0 spiro atoms. The third kappa shape index (κ3) is 5.37. The Morgan fingerprint density at radius 1 is 1.26 bits per heavy atom. The molecule has 1 aromatic carbocycles. The van der Waals surface area contributed by atoms with Gasteiger partial charge in [-0.2, -0.15) is 5.26 Å². The van der Waals surface area contributed by atoms with E-state index in [9.17, 15) is 10.1 Å². The largest absolute Gasteiger partial charge is 0.493 e. The van der Waals surface area contributed by atoms with Crippen LogP contribution in [0.5, 0.6) is 11.5 Å². The predicted octanol–water partition coefficient (Wildman–Crippen LogP) is 3.55. The van der Waals surface area contributed by atoms with E-state index in [0.29, 0.717) is 40.2 Å². The van der Waals surface area contributed by atoms with Gasteiger partial charge in [-0.25, -0.2) is 9.30 Å². The number of Topliss-reactive ketones (excluding diaryl/α,β-unsaturated/α-hetero) is 1. The molecule has 0 amide bonds. The van der Waals surface area contributed by atoms with E-state index in [-0.39, 0.29) is 5.92 Å². The van der Waals surface area contributed by atoms with E-state index >= 15 is 0 Å². The molecule has 2 rings (SSSR count). The van der Waals surface area contributed by atoms with Crippen molar-refractivity contribution in [3.63, 3.8) is 0 Å². The van der Waals surface area contributed by atoms with E-state index < -0.39 is 0 Å². The van der Waals surface area contributed by atoms with Crippen LogP contribution in [0.25, 0.3) is 0 Å². The van der Waals surface area contributed by atoms with Crippen molar-refractivity contribution in [2.24, 2.45) is 10.9 Å². The summed E-state index contributed by atoms with van der Waals surface area (Å²) < 4.78 is 18.1. The SMILES string of the molecule is CCC(=O)C1CCN(S/C(=N/c2cc(OC)c(OC)cc2C#N)OC)CC1. The summed E-state index contributed by atoms with van der Waals surface area (Å²) in [7, 11) is 4.60. The Morgan fingerprint density at radius 2 is 1.89 bits per heavy atom. The number of rotatable bonds is 6. The molecular formula is C19H25N3O4S. The number of carbonyl (C=O) groups excluding carboxylic acids is 1. The molecule has 1 aliphatic heterocycles. The van der Waals surface area contributed by atoms with Gasteiger partial charge in [0.05, 0.1) is 32.6 Å². The molecule has 0 aliphatic carbocycles. The molecule has 0 atom stereocenters. The Kier molecular flexibility index (Phi) is 7.95. The standard InChI is InChI=1S/C19H25N3O4S/c1-5-16(23)13-6-8-22(9-7-13)27-19(26-4)21-15-11-18(25-3)17(24-2)10-14(15)12-20/h10-11,13H,5-9H2,1-4H3/b21-19+. The number of benzene rings is 1. The molecule has 1 aliphatic rings. The topological polar surface area (TPSA) is 84.2 Å². The minimum atomic E-state index is 0.158. The molecule has 1 aromatic rings. The summed E-state index contributed by atoms with van der Waals surface area (Å²) in [6, 6.07) is 5.37. The third-order valence-electron chi connectivity index (χ3n) is 4.47. The van der Waals surface area contributed by atoms with Crippen molar-refractivity contribution in [2.75, 3.05) is 34.4 Å². The van der Waals surface area contributed by atoms with Gasteiger partial charge in [-0.15, -0.1) is 0 Å². The Hall–Kier alpha value is -2.24. The number of hydrogen-bond acceptors (Lipinski definition) is 8. The first kappa shape index (κ1) is 21.1. The zero-order valence-electron chi connectivity index (χ0n) is 16.2. The molecule has 27 heavy (non-hydrogen) atoms. The quantitative estimate of drug-likeness (QED) is 0.416. The molecule has 7 nitrogen and oxygen atoms in total. The average molecular weight is 391 g/mol. The van der Waals surface area contributed by atoms with Crippen molar-refractivity contribution in [1.82, 2.24) is 4.31 Å². The van der Waals surface area contributed by atoms with E-state index in [1.807, 2.05) is 6.92 Å². The van der Waals surface area contributed by atoms with Gasteiger partial charge in [0.2, 0.25) is 0 Å². The zero-order chi connectivity index (χ0) is 19.8. The first-order valence-electron chi connectivity index (χ1n) is 8.80. The number of nitrogens with zero attached hydrogens (tertiary/aromatic N) is 3. The second kappa shape index (κ2) is 10.2. The lowest BCUT2D eigenvalue weighted by molar-refractivity contribution is -0.123. The van der Waals surface area contributed by atoms with Gasteiger partial charge in [0.15, 0.2) is 11.5 Å². The van der Waals surface area contributed by atoms with Gasteiger partial charge in [-0.05, 0) is 12.8 Å². The maximum absolute atomic E-state index is 11.8. The lowest BCUT2D eigenvalue weighted by atomic mass is 9.92. The summed E-state index contributed by atoms with van der Waals surface area (Å²) in [6.07, 6.45) is 2.28. The van der Waals surface area contributed by atoms with E-state index in [0.717, 1.165) is 25.9 Å². The first-order chi connectivity index (χ1) is 13.1. The molecular weight excluding hydrogens is 366 g/mol. The third-order valence-corrected chi connectivity index (χ3v) is 5.51. The van der Waals surface area contributed by atoms with Crippen molar-refractivity contribution in [2.45, 2.75) is 26.2 Å². The summed E-state index contributed by atoms with van der Waals surface area (Å²) >= 11 is 1.39. The average Bonchev–Trinajstić information content (AvgIpc) is 2.72. The van der Waals surface area contributed by atoms with Crippen LogP contribution in [0.3, 0.4) is 0 Å². The minimum absolute atomic E-state index is 0.158. The van der Waals surface area contributed by atoms with Gasteiger partial charge in [0.25, 0.3) is 5.23 Å². The second-order valence-corrected chi connectivity index (χ2v) is 7.08. The molecule has 0 aromatic heterocycles. The van der Waals surface area contributed by atoms with Gasteiger partial charge in [0, 0.05) is 49.5 Å². The molecule has 0 unspecified atom stereocenters. The summed E-state index contributed by atoms with van der Waals surface area (Å²) in [4.78, 5) is 16.3. The number of piperidine rings is 1. The van der Waals surface area contributed by atoms with Gasteiger partial charge in [-0.1, -0.05) is 6.92 Å². The van der Waals surface area contributed by atoms with Crippen LogP contribution in [-0.2, 0) is 9.53 Å². The van der Waals surface area contributed by atoms with Crippen LogP contribution in [0.2, 0.25) is 0 Å². The monoisotopic (exact) mass is 391 g/mol. The summed E-state index contributed by atoms with van der Waals surface area (Å²) in [5.74, 6) is 1.46. The second-order valence-electron chi connectivity index (χ2n) is 6.03. The maximum Gasteiger partial charge on any atom is 0.266 e. The molecule has 0 N–H and O–H groups in total. The normalized spacial score (nSPS) is 15.9. The van der Waals surface area contributed by atoms with E-state index in [1.165, 1.54) is 26.2 Å². The van der Waals surface area contributed by atoms with Crippen molar-refractivity contribution >= 4 is 28.6 Å². The molecule has 1 saturated heterocycles.